The normalized spacial score (nSPS) is 21.6. The van der Waals surface area contributed by atoms with Crippen molar-refractivity contribution in [3.05, 3.63) is 34.9 Å². The molecule has 0 radical (unpaired) electrons. The van der Waals surface area contributed by atoms with Crippen LogP contribution in [0.2, 0.25) is 0 Å². The number of pyridine rings is 1. The molecular formula is C24H30N4O2. The van der Waals surface area contributed by atoms with Crippen LogP contribution in [-0.2, 0) is 5.41 Å². The van der Waals surface area contributed by atoms with Gasteiger partial charge in [-0.3, -0.25) is 0 Å². The van der Waals surface area contributed by atoms with Gasteiger partial charge in [-0.25, -0.2) is 4.98 Å². The molecule has 5 rings (SSSR count). The number of fused-ring (bicyclic) bond motifs is 1. The maximum absolute atomic E-state index is 9.42. The van der Waals surface area contributed by atoms with E-state index in [0.29, 0.717) is 29.4 Å². The molecule has 0 amide bonds. The van der Waals surface area contributed by atoms with Crippen LogP contribution in [0.15, 0.2) is 22.6 Å². The zero-order chi connectivity index (χ0) is 21.0. The first-order valence-corrected chi connectivity index (χ1v) is 11.0. The number of rotatable bonds is 5. The fraction of sp³-hybridized carbons (Fsp3) is 0.542. The van der Waals surface area contributed by atoms with E-state index in [4.69, 9.17) is 9.40 Å². The Balaban J connectivity index is 1.49. The number of aliphatic hydroxyl groups is 1. The van der Waals surface area contributed by atoms with Crippen molar-refractivity contribution in [3.8, 4) is 11.6 Å². The fourth-order valence-electron chi connectivity index (χ4n) is 4.34. The van der Waals surface area contributed by atoms with E-state index in [0.717, 1.165) is 24.9 Å². The smallest absolute Gasteiger partial charge is 0.315 e. The SMILES string of the molecule is Cc1cc(-c2nnc(NCC3CC(O)C3)o2)nc2c(C(C)(C)C)cc(C3CC3)cc12. The van der Waals surface area contributed by atoms with E-state index in [9.17, 15) is 5.11 Å². The Bertz CT molecular complexity index is 1090. The highest BCUT2D eigenvalue weighted by molar-refractivity contribution is 5.88. The quantitative estimate of drug-likeness (QED) is 0.624. The van der Waals surface area contributed by atoms with E-state index in [1.807, 2.05) is 6.07 Å². The summed E-state index contributed by atoms with van der Waals surface area (Å²) in [5.41, 5.74) is 5.63. The van der Waals surface area contributed by atoms with Gasteiger partial charge in [0.15, 0.2) is 0 Å². The third-order valence-corrected chi connectivity index (χ3v) is 6.40. The molecule has 30 heavy (non-hydrogen) atoms. The number of aryl methyl sites for hydroxylation is 1. The highest BCUT2D eigenvalue weighted by atomic mass is 16.4. The molecule has 6 nitrogen and oxygen atoms in total. The predicted molar refractivity (Wildman–Crippen MR) is 118 cm³/mol. The first-order chi connectivity index (χ1) is 14.3. The van der Waals surface area contributed by atoms with Gasteiger partial charge in [-0.05, 0) is 78.7 Å². The molecule has 2 saturated carbocycles. The molecular weight excluding hydrogens is 376 g/mol. The number of benzene rings is 1. The van der Waals surface area contributed by atoms with Crippen LogP contribution < -0.4 is 5.32 Å². The van der Waals surface area contributed by atoms with Crippen molar-refractivity contribution in [2.75, 3.05) is 11.9 Å². The third kappa shape index (κ3) is 3.69. The van der Waals surface area contributed by atoms with Gasteiger partial charge in [0.05, 0.1) is 11.6 Å². The molecule has 158 valence electrons. The van der Waals surface area contributed by atoms with Crippen LogP contribution in [-0.4, -0.2) is 32.9 Å². The summed E-state index contributed by atoms with van der Waals surface area (Å²) in [5, 5.41) is 22.2. The molecule has 2 aliphatic rings. The van der Waals surface area contributed by atoms with E-state index in [-0.39, 0.29) is 11.5 Å². The molecule has 0 unspecified atom stereocenters. The Morgan fingerprint density at radius 1 is 1.13 bits per heavy atom. The zero-order valence-corrected chi connectivity index (χ0v) is 18.2. The summed E-state index contributed by atoms with van der Waals surface area (Å²) in [7, 11) is 0. The summed E-state index contributed by atoms with van der Waals surface area (Å²) in [6, 6.07) is 7.13. The van der Waals surface area contributed by atoms with Crippen molar-refractivity contribution in [2.45, 2.75) is 70.8 Å². The van der Waals surface area contributed by atoms with E-state index < -0.39 is 0 Å². The number of hydrogen-bond donors (Lipinski definition) is 2. The van der Waals surface area contributed by atoms with Crippen LogP contribution >= 0.6 is 0 Å². The van der Waals surface area contributed by atoms with Gasteiger partial charge in [0.25, 0.3) is 5.89 Å². The molecule has 0 atom stereocenters. The highest BCUT2D eigenvalue weighted by Crippen LogP contribution is 2.44. The van der Waals surface area contributed by atoms with Gasteiger partial charge in [0.1, 0.15) is 5.69 Å². The van der Waals surface area contributed by atoms with E-state index in [2.05, 4.69) is 55.3 Å². The maximum Gasteiger partial charge on any atom is 0.315 e. The van der Waals surface area contributed by atoms with Gasteiger partial charge in [0, 0.05) is 11.9 Å². The van der Waals surface area contributed by atoms with Gasteiger partial charge < -0.3 is 14.8 Å². The molecule has 2 aromatic heterocycles. The average Bonchev–Trinajstić information content (AvgIpc) is 3.41. The van der Waals surface area contributed by atoms with Crippen LogP contribution in [0.25, 0.3) is 22.5 Å². The molecule has 0 spiro atoms. The molecule has 2 fully saturated rings. The second-order valence-corrected chi connectivity index (χ2v) is 10.1. The second kappa shape index (κ2) is 7.05. The molecule has 2 N–H and O–H groups in total. The van der Waals surface area contributed by atoms with Crippen molar-refractivity contribution in [3.63, 3.8) is 0 Å². The van der Waals surface area contributed by atoms with E-state index >= 15 is 0 Å². The monoisotopic (exact) mass is 406 g/mol. The molecule has 0 bridgehead atoms. The molecule has 2 aliphatic carbocycles. The van der Waals surface area contributed by atoms with E-state index in [1.54, 1.807) is 0 Å². The number of aromatic nitrogens is 3. The lowest BCUT2D eigenvalue weighted by molar-refractivity contribution is 0.0485. The minimum Gasteiger partial charge on any atom is -0.402 e. The largest absolute Gasteiger partial charge is 0.402 e. The lowest BCUT2D eigenvalue weighted by Gasteiger charge is -2.30. The summed E-state index contributed by atoms with van der Waals surface area (Å²) in [6.45, 7) is 9.60. The number of nitrogens with zero attached hydrogens (tertiary/aromatic N) is 3. The lowest BCUT2D eigenvalue weighted by atomic mass is 9.82. The van der Waals surface area contributed by atoms with Crippen LogP contribution in [0.1, 0.15) is 69.1 Å². The molecule has 1 aromatic carbocycles. The van der Waals surface area contributed by atoms with Gasteiger partial charge in [0.2, 0.25) is 0 Å². The first kappa shape index (κ1) is 19.5. The number of hydrogen-bond acceptors (Lipinski definition) is 6. The fourth-order valence-corrected chi connectivity index (χ4v) is 4.34. The minimum atomic E-state index is -0.155. The van der Waals surface area contributed by atoms with Crippen molar-refractivity contribution >= 4 is 16.9 Å². The van der Waals surface area contributed by atoms with Gasteiger partial charge >= 0.3 is 6.01 Å². The topological polar surface area (TPSA) is 84.1 Å². The Morgan fingerprint density at radius 2 is 1.90 bits per heavy atom. The maximum atomic E-state index is 9.42. The number of nitrogens with one attached hydrogen (secondary N) is 1. The number of aliphatic hydroxyl groups excluding tert-OH is 1. The Labute approximate surface area is 177 Å². The Morgan fingerprint density at radius 3 is 2.57 bits per heavy atom. The van der Waals surface area contributed by atoms with Crippen molar-refractivity contribution in [1.82, 2.24) is 15.2 Å². The summed E-state index contributed by atoms with van der Waals surface area (Å²) in [6.07, 6.45) is 4.08. The first-order valence-electron chi connectivity index (χ1n) is 11.0. The minimum absolute atomic E-state index is 0.00386. The molecule has 3 aromatic rings. The van der Waals surface area contributed by atoms with Crippen LogP contribution in [0, 0.1) is 12.8 Å². The van der Waals surface area contributed by atoms with E-state index in [1.165, 1.54) is 34.9 Å². The van der Waals surface area contributed by atoms with Crippen molar-refractivity contribution < 1.29 is 9.52 Å². The second-order valence-electron chi connectivity index (χ2n) is 10.1. The van der Waals surface area contributed by atoms with Gasteiger partial charge in [-0.15, -0.1) is 5.10 Å². The molecule has 2 heterocycles. The summed E-state index contributed by atoms with van der Waals surface area (Å²) in [5.74, 6) is 1.60. The molecule has 6 heteroatoms. The predicted octanol–water partition coefficient (Wildman–Crippen LogP) is 4.95. The Hall–Kier alpha value is -2.47. The van der Waals surface area contributed by atoms with Gasteiger partial charge in [-0.2, -0.15) is 0 Å². The lowest BCUT2D eigenvalue weighted by Crippen LogP contribution is -2.33. The summed E-state index contributed by atoms with van der Waals surface area (Å²) in [4.78, 5) is 4.98. The third-order valence-electron chi connectivity index (χ3n) is 6.40. The standard InChI is InChI=1S/C24H30N4O2/c1-13-7-20(22-27-28-23(30-22)25-12-14-8-17(29)9-14)26-21-18(13)10-16(15-5-6-15)11-19(21)24(2,3)4/h7,10-11,14-15,17,29H,5-6,8-9,12H2,1-4H3,(H,25,28). The van der Waals surface area contributed by atoms with Crippen molar-refractivity contribution in [2.24, 2.45) is 5.92 Å². The van der Waals surface area contributed by atoms with Crippen molar-refractivity contribution in [1.29, 1.82) is 0 Å². The van der Waals surface area contributed by atoms with Crippen LogP contribution in [0.4, 0.5) is 6.01 Å². The molecule has 0 saturated heterocycles. The molecule has 0 aliphatic heterocycles. The summed E-state index contributed by atoms with van der Waals surface area (Å²) < 4.78 is 5.86. The van der Waals surface area contributed by atoms with Crippen LogP contribution in [0.5, 0.6) is 0 Å². The number of anilines is 1. The highest BCUT2D eigenvalue weighted by Gasteiger charge is 2.29. The Kier molecular flexibility index (Phi) is 4.58. The van der Waals surface area contributed by atoms with Crippen LogP contribution in [0.3, 0.4) is 0 Å². The summed E-state index contributed by atoms with van der Waals surface area (Å²) >= 11 is 0. The average molecular weight is 407 g/mol. The van der Waals surface area contributed by atoms with Gasteiger partial charge in [-0.1, -0.05) is 31.9 Å². The zero-order valence-electron chi connectivity index (χ0n) is 18.2.